The van der Waals surface area contributed by atoms with Crippen molar-refractivity contribution in [1.82, 2.24) is 0 Å². The molecule has 0 heterocycles. The van der Waals surface area contributed by atoms with Gasteiger partial charge in [0, 0.05) is 5.92 Å². The molecule has 1 aliphatic carbocycles. The van der Waals surface area contributed by atoms with Crippen molar-refractivity contribution in [2.24, 2.45) is 16.7 Å². The van der Waals surface area contributed by atoms with E-state index >= 15 is 0 Å². The minimum Gasteiger partial charge on any atom is -0.368 e. The molecule has 1 aromatic carbocycles. The molecule has 0 saturated carbocycles. The van der Waals surface area contributed by atoms with E-state index in [2.05, 4.69) is 66.7 Å². The third kappa shape index (κ3) is 5.82. The van der Waals surface area contributed by atoms with Crippen LogP contribution in [0.4, 0.5) is 0 Å². The lowest BCUT2D eigenvalue weighted by Gasteiger charge is -2.39. The van der Waals surface area contributed by atoms with Crippen molar-refractivity contribution in [3.8, 4) is 0 Å². The number of aliphatic hydroxyl groups excluding tert-OH is 1. The molecule has 0 aliphatic heterocycles. The van der Waals surface area contributed by atoms with Crippen LogP contribution >= 0.6 is 0 Å². The minimum absolute atomic E-state index is 0.00225. The Hall–Kier alpha value is -0.860. The van der Waals surface area contributed by atoms with Crippen LogP contribution in [0.1, 0.15) is 90.5 Å². The number of hydrogen-bond donors (Lipinski definition) is 1. The van der Waals surface area contributed by atoms with Crippen LogP contribution in [0.25, 0.3) is 0 Å². The molecule has 0 fully saturated rings. The van der Waals surface area contributed by atoms with E-state index in [1.807, 2.05) is 0 Å². The van der Waals surface area contributed by atoms with E-state index in [9.17, 15) is 5.11 Å². The Morgan fingerprint density at radius 3 is 2.16 bits per heavy atom. The summed E-state index contributed by atoms with van der Waals surface area (Å²) in [7, 11) is 0. The Labute approximate surface area is 155 Å². The predicted molar refractivity (Wildman–Crippen MR) is 106 cm³/mol. The molecule has 0 amide bonds. The number of rotatable bonds is 5. The van der Waals surface area contributed by atoms with Crippen molar-refractivity contribution in [1.29, 1.82) is 0 Å². The average Bonchev–Trinajstić information content (AvgIpc) is 2.50. The topological polar surface area (TPSA) is 29.5 Å². The Morgan fingerprint density at radius 2 is 1.60 bits per heavy atom. The molecule has 0 bridgehead atoms. The quantitative estimate of drug-likeness (QED) is 0.657. The highest BCUT2D eigenvalue weighted by Gasteiger charge is 2.36. The van der Waals surface area contributed by atoms with Gasteiger partial charge in [-0.2, -0.15) is 0 Å². The smallest absolute Gasteiger partial charge is 0.158 e. The van der Waals surface area contributed by atoms with Gasteiger partial charge >= 0.3 is 0 Å². The average molecular weight is 347 g/mol. The number of hydrogen-bond acceptors (Lipinski definition) is 2. The predicted octanol–water partition coefficient (Wildman–Crippen LogP) is 6.06. The van der Waals surface area contributed by atoms with E-state index in [1.165, 1.54) is 42.4 Å². The first-order valence-corrected chi connectivity index (χ1v) is 9.92. The summed E-state index contributed by atoms with van der Waals surface area (Å²) in [5.41, 5.74) is 4.31. The van der Waals surface area contributed by atoms with E-state index in [0.29, 0.717) is 0 Å². The molecule has 1 aliphatic rings. The first-order valence-electron chi connectivity index (χ1n) is 9.92. The van der Waals surface area contributed by atoms with Crippen LogP contribution in [0.5, 0.6) is 0 Å². The fourth-order valence-electron chi connectivity index (χ4n) is 3.88. The van der Waals surface area contributed by atoms with Crippen molar-refractivity contribution in [3.05, 3.63) is 34.9 Å². The third-order valence-corrected chi connectivity index (χ3v) is 5.47. The molecule has 3 unspecified atom stereocenters. The van der Waals surface area contributed by atoms with Crippen molar-refractivity contribution in [3.63, 3.8) is 0 Å². The summed E-state index contributed by atoms with van der Waals surface area (Å²) < 4.78 is 6.12. The monoisotopic (exact) mass is 346 g/mol. The molecule has 142 valence electrons. The second-order valence-electron chi connectivity index (χ2n) is 10.1. The van der Waals surface area contributed by atoms with Gasteiger partial charge in [-0.15, -0.1) is 0 Å². The summed E-state index contributed by atoms with van der Waals surface area (Å²) >= 11 is 0. The molecule has 0 radical (unpaired) electrons. The highest BCUT2D eigenvalue weighted by atomic mass is 16.6. The second kappa shape index (κ2) is 7.80. The third-order valence-electron chi connectivity index (χ3n) is 5.47. The summed E-state index contributed by atoms with van der Waals surface area (Å²) in [5, 5.41) is 10.9. The molecule has 0 aromatic heterocycles. The lowest BCUT2D eigenvalue weighted by molar-refractivity contribution is -0.189. The van der Waals surface area contributed by atoms with E-state index in [0.717, 1.165) is 6.42 Å². The molecule has 1 aromatic rings. The summed E-state index contributed by atoms with van der Waals surface area (Å²) in [6.07, 6.45) is 5.06. The van der Waals surface area contributed by atoms with Crippen molar-refractivity contribution in [2.75, 3.05) is 0 Å². The maximum absolute atomic E-state index is 10.9. The van der Waals surface area contributed by atoms with Gasteiger partial charge in [-0.1, -0.05) is 59.7 Å². The van der Waals surface area contributed by atoms with E-state index in [4.69, 9.17) is 4.74 Å². The van der Waals surface area contributed by atoms with Crippen LogP contribution in [-0.2, 0) is 17.6 Å². The molecule has 2 rings (SSSR count). The van der Waals surface area contributed by atoms with Gasteiger partial charge in [0.1, 0.15) is 0 Å². The molecular formula is C23H38O2. The van der Waals surface area contributed by atoms with Gasteiger partial charge < -0.3 is 9.84 Å². The van der Waals surface area contributed by atoms with Crippen LogP contribution in [-0.4, -0.2) is 11.4 Å². The maximum Gasteiger partial charge on any atom is 0.158 e. The van der Waals surface area contributed by atoms with Gasteiger partial charge in [-0.25, -0.2) is 0 Å². The summed E-state index contributed by atoms with van der Waals surface area (Å²) in [5.74, 6) is 0.104. The highest BCUT2D eigenvalue weighted by Crippen LogP contribution is 2.39. The van der Waals surface area contributed by atoms with Gasteiger partial charge in [-0.3, -0.25) is 0 Å². The summed E-state index contributed by atoms with van der Waals surface area (Å²) in [6, 6.07) is 6.73. The second-order valence-corrected chi connectivity index (χ2v) is 10.1. The zero-order valence-corrected chi connectivity index (χ0v) is 17.4. The van der Waals surface area contributed by atoms with Crippen LogP contribution in [0.2, 0.25) is 0 Å². The maximum atomic E-state index is 10.9. The number of aliphatic hydroxyl groups is 1. The molecular weight excluding hydrogens is 308 g/mol. The largest absolute Gasteiger partial charge is 0.368 e. The SMILES string of the molecule is CC(OC(O)C(CC(C)(C)C)C(C)(C)C)c1ccc2c(c1)CCCC2. The molecule has 2 heteroatoms. The number of fused-ring (bicyclic) bond motifs is 1. The molecule has 0 saturated heterocycles. The van der Waals surface area contributed by atoms with Gasteiger partial charge in [0.15, 0.2) is 6.29 Å². The Morgan fingerprint density at radius 1 is 1.00 bits per heavy atom. The van der Waals surface area contributed by atoms with Crippen molar-refractivity contribution in [2.45, 2.75) is 93.0 Å². The van der Waals surface area contributed by atoms with Crippen LogP contribution < -0.4 is 0 Å². The Bertz CT molecular complexity index is 562. The standard InChI is InChI=1S/C23H38O2/c1-16(18-13-12-17-10-8-9-11-19(17)14-18)25-21(24)20(23(5,6)7)15-22(2,3)4/h12-14,16,20-21,24H,8-11,15H2,1-7H3. The van der Waals surface area contributed by atoms with Crippen molar-refractivity contribution >= 4 is 0 Å². The van der Waals surface area contributed by atoms with Gasteiger partial charge in [0.25, 0.3) is 0 Å². The van der Waals surface area contributed by atoms with Gasteiger partial charge in [0.05, 0.1) is 6.10 Å². The molecule has 3 atom stereocenters. The van der Waals surface area contributed by atoms with Crippen LogP contribution in [0.15, 0.2) is 18.2 Å². The van der Waals surface area contributed by atoms with Gasteiger partial charge in [0.2, 0.25) is 0 Å². The van der Waals surface area contributed by atoms with Crippen LogP contribution in [0.3, 0.4) is 0 Å². The first kappa shape index (κ1) is 20.5. The Kier molecular flexibility index (Phi) is 6.38. The first-order chi connectivity index (χ1) is 11.5. The molecule has 25 heavy (non-hydrogen) atoms. The van der Waals surface area contributed by atoms with E-state index < -0.39 is 6.29 Å². The summed E-state index contributed by atoms with van der Waals surface area (Å²) in [6.45, 7) is 15.3. The molecule has 2 nitrogen and oxygen atoms in total. The van der Waals surface area contributed by atoms with E-state index in [1.54, 1.807) is 0 Å². The van der Waals surface area contributed by atoms with Gasteiger partial charge in [-0.05, 0) is 66.5 Å². The number of aryl methyl sites for hydroxylation is 2. The molecule has 1 N–H and O–H groups in total. The van der Waals surface area contributed by atoms with Crippen molar-refractivity contribution < 1.29 is 9.84 Å². The zero-order chi connectivity index (χ0) is 18.8. The Balaban J connectivity index is 2.10. The normalized spacial score (nSPS) is 19.2. The van der Waals surface area contributed by atoms with E-state index in [-0.39, 0.29) is 22.9 Å². The molecule has 0 spiro atoms. The number of ether oxygens (including phenoxy) is 1. The fraction of sp³-hybridized carbons (Fsp3) is 0.739. The highest BCUT2D eigenvalue weighted by molar-refractivity contribution is 5.34. The fourth-order valence-corrected chi connectivity index (χ4v) is 3.88. The number of benzene rings is 1. The lowest BCUT2D eigenvalue weighted by atomic mass is 9.72. The zero-order valence-electron chi connectivity index (χ0n) is 17.4. The lowest BCUT2D eigenvalue weighted by Crippen LogP contribution is -2.37. The van der Waals surface area contributed by atoms with Crippen LogP contribution in [0, 0.1) is 16.7 Å². The summed E-state index contributed by atoms with van der Waals surface area (Å²) in [4.78, 5) is 0. The minimum atomic E-state index is -0.745.